The number of carbonyl (C=O) groups is 1. The van der Waals surface area contributed by atoms with E-state index in [1.54, 1.807) is 5.38 Å². The Morgan fingerprint density at radius 1 is 1.73 bits per heavy atom. The van der Waals surface area contributed by atoms with Crippen LogP contribution in [0.5, 0.6) is 0 Å². The van der Waals surface area contributed by atoms with Crippen LogP contribution in [0.15, 0.2) is 9.80 Å². The second-order valence-electron chi connectivity index (χ2n) is 1.98. The normalized spacial score (nSPS) is 10.5. The molecule has 2 aromatic rings. The second-order valence-corrected chi connectivity index (χ2v) is 2.89. The van der Waals surface area contributed by atoms with Gasteiger partial charge in [-0.2, -0.15) is 0 Å². The molecule has 0 aliphatic carbocycles. The molecule has 0 spiro atoms. The Morgan fingerprint density at radius 3 is 3.18 bits per heavy atom. The molecule has 2 aromatic heterocycles. The lowest BCUT2D eigenvalue weighted by molar-refractivity contribution is 0.109. The van der Waals surface area contributed by atoms with E-state index >= 15 is 0 Å². The van der Waals surface area contributed by atoms with Gasteiger partial charge in [0.05, 0.1) is 0 Å². The van der Waals surface area contributed by atoms with Crippen LogP contribution in [0.4, 0.5) is 5.00 Å². The van der Waals surface area contributed by atoms with Gasteiger partial charge in [0.2, 0.25) is 6.29 Å². The topological polar surface area (TPSA) is 69.1 Å². The van der Waals surface area contributed by atoms with Crippen LogP contribution in [0.25, 0.3) is 11.1 Å². The highest BCUT2D eigenvalue weighted by Gasteiger charge is 2.08. The third-order valence-electron chi connectivity index (χ3n) is 1.30. The molecule has 0 fully saturated rings. The number of hydrogen-bond donors (Lipinski definition) is 1. The van der Waals surface area contributed by atoms with Gasteiger partial charge in [-0.25, -0.2) is 4.98 Å². The Morgan fingerprint density at radius 2 is 2.55 bits per heavy atom. The maximum atomic E-state index is 10.2. The molecule has 56 valence electrons. The summed E-state index contributed by atoms with van der Waals surface area (Å²) in [6.07, 6.45) is 0.560. The average molecular weight is 168 g/mol. The monoisotopic (exact) mass is 168 g/mol. The summed E-state index contributed by atoms with van der Waals surface area (Å²) in [5.41, 5.74) is 6.68. The number of nitrogens with zero attached hydrogens (tertiary/aromatic N) is 1. The number of rotatable bonds is 1. The van der Waals surface area contributed by atoms with Crippen LogP contribution in [0.1, 0.15) is 10.7 Å². The van der Waals surface area contributed by atoms with E-state index in [1.165, 1.54) is 11.3 Å². The third kappa shape index (κ3) is 0.813. The van der Waals surface area contributed by atoms with Gasteiger partial charge in [0.15, 0.2) is 5.58 Å². The van der Waals surface area contributed by atoms with Crippen molar-refractivity contribution in [2.75, 3.05) is 5.73 Å². The molecule has 5 heteroatoms. The van der Waals surface area contributed by atoms with Gasteiger partial charge in [-0.15, -0.1) is 11.3 Å². The van der Waals surface area contributed by atoms with Crippen molar-refractivity contribution in [1.29, 1.82) is 0 Å². The van der Waals surface area contributed by atoms with E-state index in [1.807, 2.05) is 0 Å². The summed E-state index contributed by atoms with van der Waals surface area (Å²) in [7, 11) is 0. The van der Waals surface area contributed by atoms with Crippen molar-refractivity contribution < 1.29 is 9.21 Å². The number of aromatic nitrogens is 1. The predicted molar refractivity (Wildman–Crippen MR) is 41.7 cm³/mol. The SMILES string of the molecule is Nc1scc2oc(C=O)nc12. The molecule has 2 N–H and O–H groups in total. The zero-order valence-electron chi connectivity index (χ0n) is 5.40. The summed E-state index contributed by atoms with van der Waals surface area (Å²) < 4.78 is 4.99. The predicted octanol–water partition coefficient (Wildman–Crippen LogP) is 1.28. The quantitative estimate of drug-likeness (QED) is 0.651. The average Bonchev–Trinajstić information content (AvgIpc) is 2.53. The zero-order chi connectivity index (χ0) is 7.84. The lowest BCUT2D eigenvalue weighted by atomic mass is 10.5. The van der Waals surface area contributed by atoms with Gasteiger partial charge in [0, 0.05) is 5.38 Å². The largest absolute Gasteiger partial charge is 0.433 e. The highest BCUT2D eigenvalue weighted by atomic mass is 32.1. The number of carbonyl (C=O) groups excluding carboxylic acids is 1. The van der Waals surface area contributed by atoms with Gasteiger partial charge in [-0.3, -0.25) is 4.79 Å². The minimum atomic E-state index is 0.0782. The van der Waals surface area contributed by atoms with Crippen LogP contribution < -0.4 is 5.73 Å². The number of nitrogen functional groups attached to an aromatic ring is 1. The van der Waals surface area contributed by atoms with Crippen molar-refractivity contribution in [3.63, 3.8) is 0 Å². The maximum absolute atomic E-state index is 10.2. The number of oxazole rings is 1. The second kappa shape index (κ2) is 2.06. The van der Waals surface area contributed by atoms with Crippen molar-refractivity contribution in [2.24, 2.45) is 0 Å². The number of thiophene rings is 1. The lowest BCUT2D eigenvalue weighted by Crippen LogP contribution is -1.80. The molecule has 2 heterocycles. The van der Waals surface area contributed by atoms with Gasteiger partial charge in [-0.05, 0) is 0 Å². The van der Waals surface area contributed by atoms with Crippen molar-refractivity contribution in [3.05, 3.63) is 11.3 Å². The van der Waals surface area contributed by atoms with Crippen molar-refractivity contribution in [1.82, 2.24) is 4.98 Å². The van der Waals surface area contributed by atoms with E-state index in [9.17, 15) is 4.79 Å². The van der Waals surface area contributed by atoms with Crippen LogP contribution in [-0.2, 0) is 0 Å². The third-order valence-corrected chi connectivity index (χ3v) is 2.08. The molecule has 0 atom stereocenters. The Labute approximate surface area is 65.6 Å². The first kappa shape index (κ1) is 6.36. The van der Waals surface area contributed by atoms with Crippen molar-refractivity contribution >= 4 is 33.7 Å². The molecular weight excluding hydrogens is 164 g/mol. The first-order valence-corrected chi connectivity index (χ1v) is 3.78. The number of hydrogen-bond acceptors (Lipinski definition) is 5. The molecule has 0 amide bonds. The summed E-state index contributed by atoms with van der Waals surface area (Å²) in [6.45, 7) is 0. The minimum absolute atomic E-state index is 0.0782. The van der Waals surface area contributed by atoms with Crippen LogP contribution >= 0.6 is 11.3 Å². The molecule has 11 heavy (non-hydrogen) atoms. The number of aldehydes is 1. The lowest BCUT2D eigenvalue weighted by Gasteiger charge is -1.76. The molecule has 0 aliphatic heterocycles. The van der Waals surface area contributed by atoms with E-state index in [0.717, 1.165) is 0 Å². The van der Waals surface area contributed by atoms with Crippen LogP contribution in [0.2, 0.25) is 0 Å². The molecule has 0 saturated carbocycles. The number of fused-ring (bicyclic) bond motifs is 1. The molecule has 0 aromatic carbocycles. The van der Waals surface area contributed by atoms with E-state index in [0.29, 0.717) is 22.4 Å². The Hall–Kier alpha value is -1.36. The fourth-order valence-electron chi connectivity index (χ4n) is 0.829. The Bertz CT molecular complexity index is 404. The summed E-state index contributed by atoms with van der Waals surface area (Å²) in [5.74, 6) is 0.0782. The Balaban J connectivity index is 2.79. The summed E-state index contributed by atoms with van der Waals surface area (Å²) in [6, 6.07) is 0. The summed E-state index contributed by atoms with van der Waals surface area (Å²) in [5, 5.41) is 2.31. The molecule has 4 nitrogen and oxygen atoms in total. The van der Waals surface area contributed by atoms with E-state index < -0.39 is 0 Å². The van der Waals surface area contributed by atoms with Crippen molar-refractivity contribution in [3.8, 4) is 0 Å². The molecule has 2 rings (SSSR count). The zero-order valence-corrected chi connectivity index (χ0v) is 6.22. The molecule has 0 bridgehead atoms. The molecule has 0 saturated heterocycles. The minimum Gasteiger partial charge on any atom is -0.433 e. The summed E-state index contributed by atoms with van der Waals surface area (Å²) in [4.78, 5) is 14.0. The van der Waals surface area contributed by atoms with Gasteiger partial charge in [0.25, 0.3) is 5.89 Å². The Kier molecular flexibility index (Phi) is 1.19. The molecule has 0 unspecified atom stereocenters. The highest BCUT2D eigenvalue weighted by molar-refractivity contribution is 7.15. The van der Waals surface area contributed by atoms with Gasteiger partial charge in [-0.1, -0.05) is 0 Å². The fraction of sp³-hybridized carbons (Fsp3) is 0. The van der Waals surface area contributed by atoms with Gasteiger partial charge >= 0.3 is 0 Å². The van der Waals surface area contributed by atoms with Crippen LogP contribution in [-0.4, -0.2) is 11.3 Å². The van der Waals surface area contributed by atoms with E-state index in [4.69, 9.17) is 10.2 Å². The smallest absolute Gasteiger partial charge is 0.261 e. The number of anilines is 1. The van der Waals surface area contributed by atoms with Crippen molar-refractivity contribution in [2.45, 2.75) is 0 Å². The highest BCUT2D eigenvalue weighted by Crippen LogP contribution is 2.27. The summed E-state index contributed by atoms with van der Waals surface area (Å²) >= 11 is 1.35. The maximum Gasteiger partial charge on any atom is 0.261 e. The van der Waals surface area contributed by atoms with Crippen LogP contribution in [0.3, 0.4) is 0 Å². The molecular formula is C6H4N2O2S. The fourth-order valence-corrected chi connectivity index (χ4v) is 1.48. The molecule has 0 radical (unpaired) electrons. The molecule has 0 aliphatic rings. The van der Waals surface area contributed by atoms with Gasteiger partial charge in [0.1, 0.15) is 10.5 Å². The van der Waals surface area contributed by atoms with Gasteiger partial charge < -0.3 is 10.2 Å². The van der Waals surface area contributed by atoms with E-state index in [2.05, 4.69) is 4.98 Å². The van der Waals surface area contributed by atoms with Crippen LogP contribution in [0, 0.1) is 0 Å². The standard InChI is InChI=1S/C6H4N2O2S/c7-6-5-3(2-11-6)10-4(1-9)8-5/h1-2H,7H2. The first-order chi connectivity index (χ1) is 5.31. The number of nitrogens with two attached hydrogens (primary N) is 1. The van der Waals surface area contributed by atoms with E-state index in [-0.39, 0.29) is 5.89 Å². The first-order valence-electron chi connectivity index (χ1n) is 2.90.